The molecule has 0 aliphatic heterocycles. The Morgan fingerprint density at radius 3 is 1.35 bits per heavy atom. The van der Waals surface area contributed by atoms with Gasteiger partial charge in [-0.15, -0.1) is 0 Å². The average Bonchev–Trinajstić information content (AvgIpc) is 3.65. The van der Waals surface area contributed by atoms with Gasteiger partial charge >= 0.3 is 0 Å². The summed E-state index contributed by atoms with van der Waals surface area (Å²) in [6.45, 7) is 0. The normalized spacial score (nSPS) is 11.3. The molecule has 10 rings (SSSR count). The number of aromatic nitrogens is 5. The Balaban J connectivity index is 1.06. The molecule has 3 heterocycles. The third-order valence-corrected chi connectivity index (χ3v) is 9.74. The number of nitrogens with zero attached hydrogens (tertiary/aromatic N) is 5. The quantitative estimate of drug-likeness (QED) is 0.164. The maximum absolute atomic E-state index is 6.24. The van der Waals surface area contributed by atoms with Crippen LogP contribution in [0.2, 0.25) is 0 Å². The Kier molecular flexibility index (Phi) is 8.04. The van der Waals surface area contributed by atoms with Crippen molar-refractivity contribution >= 4 is 21.9 Å². The van der Waals surface area contributed by atoms with Gasteiger partial charge in [-0.25, -0.2) is 24.9 Å². The van der Waals surface area contributed by atoms with E-state index in [-0.39, 0.29) is 0 Å². The summed E-state index contributed by atoms with van der Waals surface area (Å²) in [5.41, 5.74) is 11.1. The largest absolute Gasteiger partial charge is 0.456 e. The molecule has 0 fully saturated rings. The first-order valence-electron chi connectivity index (χ1n) is 18.2. The molecule has 0 radical (unpaired) electrons. The van der Waals surface area contributed by atoms with E-state index in [4.69, 9.17) is 29.3 Å². The second-order valence-corrected chi connectivity index (χ2v) is 13.3. The molecule has 258 valence electrons. The maximum atomic E-state index is 6.24. The lowest BCUT2D eigenvalue weighted by Gasteiger charge is -2.12. The zero-order valence-electron chi connectivity index (χ0n) is 29.5. The Bertz CT molecular complexity index is 2920. The minimum atomic E-state index is 0.611. The Morgan fingerprint density at radius 2 is 0.691 bits per heavy atom. The summed E-state index contributed by atoms with van der Waals surface area (Å²) in [6, 6.07) is 63.5. The molecule has 0 saturated heterocycles. The first-order chi connectivity index (χ1) is 27.2. The van der Waals surface area contributed by atoms with Crippen LogP contribution in [0.15, 0.2) is 192 Å². The van der Waals surface area contributed by atoms with Gasteiger partial charge < -0.3 is 4.42 Å². The van der Waals surface area contributed by atoms with Crippen molar-refractivity contribution in [2.24, 2.45) is 0 Å². The highest BCUT2D eigenvalue weighted by molar-refractivity contribution is 6.05. The van der Waals surface area contributed by atoms with Gasteiger partial charge in [0.15, 0.2) is 23.3 Å². The van der Waals surface area contributed by atoms with E-state index in [2.05, 4.69) is 78.9 Å². The van der Waals surface area contributed by atoms with Crippen molar-refractivity contribution in [3.05, 3.63) is 188 Å². The van der Waals surface area contributed by atoms with E-state index in [1.807, 2.05) is 109 Å². The summed E-state index contributed by atoms with van der Waals surface area (Å²) >= 11 is 0. The first-order valence-corrected chi connectivity index (χ1v) is 18.2. The lowest BCUT2D eigenvalue weighted by Crippen LogP contribution is -2.00. The minimum Gasteiger partial charge on any atom is -0.456 e. The van der Waals surface area contributed by atoms with Crippen LogP contribution < -0.4 is 0 Å². The Morgan fingerprint density at radius 1 is 0.255 bits per heavy atom. The molecule has 0 spiro atoms. The van der Waals surface area contributed by atoms with E-state index < -0.39 is 0 Å². The van der Waals surface area contributed by atoms with Crippen LogP contribution in [0.4, 0.5) is 0 Å². The van der Waals surface area contributed by atoms with Crippen LogP contribution in [0.25, 0.3) is 101 Å². The van der Waals surface area contributed by atoms with Gasteiger partial charge in [-0.1, -0.05) is 152 Å². The standard InChI is InChI=1S/C49H31N5O/c1-4-14-32(15-5-1)42-31-43(51-48(50-42)39-26-27-41-40-24-10-11-25-44(40)55-45(41)30-39)37-22-12-20-35(28-37)36-21-13-23-38(29-36)49-53-46(33-16-6-2-7-17-33)52-47(54-49)34-18-8-3-9-19-34/h1-31H. The molecule has 0 aliphatic rings. The molecular formula is C49H31N5O. The average molecular weight is 706 g/mol. The number of rotatable bonds is 7. The van der Waals surface area contributed by atoms with Gasteiger partial charge in [0.2, 0.25) is 0 Å². The predicted octanol–water partition coefficient (Wildman–Crippen LogP) is 12.2. The summed E-state index contributed by atoms with van der Waals surface area (Å²) in [7, 11) is 0. The van der Waals surface area contributed by atoms with Crippen LogP contribution in [0, 0.1) is 0 Å². The van der Waals surface area contributed by atoms with Gasteiger partial charge in [0.05, 0.1) is 11.4 Å². The van der Waals surface area contributed by atoms with Crippen molar-refractivity contribution in [1.29, 1.82) is 0 Å². The lowest BCUT2D eigenvalue weighted by atomic mass is 9.99. The zero-order valence-corrected chi connectivity index (χ0v) is 29.5. The van der Waals surface area contributed by atoms with Crippen molar-refractivity contribution in [2.75, 3.05) is 0 Å². The van der Waals surface area contributed by atoms with Crippen LogP contribution in [0.3, 0.4) is 0 Å². The number of hydrogen-bond acceptors (Lipinski definition) is 6. The molecule has 55 heavy (non-hydrogen) atoms. The van der Waals surface area contributed by atoms with E-state index in [0.29, 0.717) is 23.3 Å². The lowest BCUT2D eigenvalue weighted by molar-refractivity contribution is 0.669. The van der Waals surface area contributed by atoms with Crippen molar-refractivity contribution < 1.29 is 4.42 Å². The van der Waals surface area contributed by atoms with Crippen LogP contribution in [-0.2, 0) is 0 Å². The van der Waals surface area contributed by atoms with Gasteiger partial charge in [0.1, 0.15) is 11.2 Å². The van der Waals surface area contributed by atoms with E-state index in [1.165, 1.54) is 0 Å². The first kappa shape index (κ1) is 32.1. The molecule has 0 aliphatic carbocycles. The summed E-state index contributed by atoms with van der Waals surface area (Å²) in [6.07, 6.45) is 0. The number of furan rings is 1. The molecule has 0 N–H and O–H groups in total. The maximum Gasteiger partial charge on any atom is 0.164 e. The molecule has 10 aromatic rings. The van der Waals surface area contributed by atoms with Crippen molar-refractivity contribution in [2.45, 2.75) is 0 Å². The van der Waals surface area contributed by atoms with Crippen molar-refractivity contribution in [3.63, 3.8) is 0 Å². The van der Waals surface area contributed by atoms with Crippen LogP contribution in [0.5, 0.6) is 0 Å². The zero-order chi connectivity index (χ0) is 36.6. The van der Waals surface area contributed by atoms with Gasteiger partial charge in [-0.2, -0.15) is 0 Å². The van der Waals surface area contributed by atoms with Crippen LogP contribution in [0.1, 0.15) is 0 Å². The number of para-hydroxylation sites is 1. The fourth-order valence-corrected chi connectivity index (χ4v) is 6.98. The smallest absolute Gasteiger partial charge is 0.164 e. The van der Waals surface area contributed by atoms with E-state index in [0.717, 1.165) is 77.8 Å². The number of fused-ring (bicyclic) bond motifs is 3. The molecule has 6 heteroatoms. The minimum absolute atomic E-state index is 0.611. The summed E-state index contributed by atoms with van der Waals surface area (Å²) in [5.74, 6) is 2.50. The molecule has 0 unspecified atom stereocenters. The second kappa shape index (κ2) is 13.8. The molecular weight excluding hydrogens is 675 g/mol. The number of hydrogen-bond donors (Lipinski definition) is 0. The van der Waals surface area contributed by atoms with Gasteiger partial charge in [-0.05, 0) is 47.5 Å². The Labute approximate surface area is 317 Å². The topological polar surface area (TPSA) is 77.6 Å². The third kappa shape index (κ3) is 6.32. The van der Waals surface area contributed by atoms with Crippen molar-refractivity contribution in [1.82, 2.24) is 24.9 Å². The third-order valence-electron chi connectivity index (χ3n) is 9.74. The van der Waals surface area contributed by atoms with Gasteiger partial charge in [-0.3, -0.25) is 0 Å². The Hall–Kier alpha value is -7.57. The second-order valence-electron chi connectivity index (χ2n) is 13.3. The van der Waals surface area contributed by atoms with Crippen LogP contribution in [-0.4, -0.2) is 24.9 Å². The highest BCUT2D eigenvalue weighted by Crippen LogP contribution is 2.35. The van der Waals surface area contributed by atoms with E-state index in [9.17, 15) is 0 Å². The highest BCUT2D eigenvalue weighted by atomic mass is 16.3. The molecule has 0 amide bonds. The summed E-state index contributed by atoms with van der Waals surface area (Å²) in [4.78, 5) is 25.0. The highest BCUT2D eigenvalue weighted by Gasteiger charge is 2.16. The molecule has 0 bridgehead atoms. The molecule has 3 aromatic heterocycles. The fraction of sp³-hybridized carbons (Fsp3) is 0. The predicted molar refractivity (Wildman–Crippen MR) is 221 cm³/mol. The number of benzene rings is 7. The van der Waals surface area contributed by atoms with Crippen molar-refractivity contribution in [3.8, 4) is 79.2 Å². The molecule has 7 aromatic carbocycles. The monoisotopic (exact) mass is 705 g/mol. The van der Waals surface area contributed by atoms with Gasteiger partial charge in [0.25, 0.3) is 0 Å². The van der Waals surface area contributed by atoms with Crippen LogP contribution >= 0.6 is 0 Å². The van der Waals surface area contributed by atoms with E-state index >= 15 is 0 Å². The van der Waals surface area contributed by atoms with E-state index in [1.54, 1.807) is 0 Å². The molecule has 0 saturated carbocycles. The summed E-state index contributed by atoms with van der Waals surface area (Å²) < 4.78 is 6.24. The SMILES string of the molecule is c1ccc(-c2cc(-c3cccc(-c4cccc(-c5nc(-c6ccccc6)nc(-c6ccccc6)n5)c4)c3)nc(-c3ccc4c(c3)oc3ccccc34)n2)cc1. The summed E-state index contributed by atoms with van der Waals surface area (Å²) in [5, 5.41) is 2.16. The molecule has 0 atom stereocenters. The molecule has 6 nitrogen and oxygen atoms in total. The van der Waals surface area contributed by atoms with Gasteiger partial charge in [0, 0.05) is 44.2 Å². The fourth-order valence-electron chi connectivity index (χ4n) is 6.98.